The van der Waals surface area contributed by atoms with Crippen LogP contribution in [0.5, 0.6) is 5.75 Å². The van der Waals surface area contributed by atoms with E-state index in [2.05, 4.69) is 25.7 Å². The van der Waals surface area contributed by atoms with E-state index in [1.807, 2.05) is 19.1 Å². The molecular formula is C21H28BrF3N2O4. The summed E-state index contributed by atoms with van der Waals surface area (Å²) in [5.74, 6) is 0.798. The number of amides is 1. The zero-order valence-corrected chi connectivity index (χ0v) is 19.2. The minimum atomic E-state index is -4.55. The Morgan fingerprint density at radius 2 is 1.68 bits per heavy atom. The van der Waals surface area contributed by atoms with Crippen molar-refractivity contribution in [1.29, 1.82) is 0 Å². The lowest BCUT2D eigenvalue weighted by atomic mass is 9.94. The summed E-state index contributed by atoms with van der Waals surface area (Å²) in [6.45, 7) is 3.42. The standard InChI is InChI=1S/C21H28BrF3N2O4/c1-13-18(7-8-19(22)26-13)31-16-5-3-15(4-6-16)30-17-9-11-27(12-10-17)20(28)29-14(2)21(23,24)25/h7-8,14-17H,3-6,9-12H2,1-2H3/t14-,15-,16-/m1/s1. The summed E-state index contributed by atoms with van der Waals surface area (Å²) >= 11 is 3.35. The Morgan fingerprint density at radius 1 is 1.10 bits per heavy atom. The van der Waals surface area contributed by atoms with Crippen molar-refractivity contribution < 1.29 is 32.2 Å². The third-order valence-electron chi connectivity index (χ3n) is 5.74. The normalized spacial score (nSPS) is 24.0. The van der Waals surface area contributed by atoms with Crippen LogP contribution in [0.15, 0.2) is 16.7 Å². The molecule has 0 unspecified atom stereocenters. The smallest absolute Gasteiger partial charge is 0.425 e. The van der Waals surface area contributed by atoms with Gasteiger partial charge in [-0.2, -0.15) is 13.2 Å². The lowest BCUT2D eigenvalue weighted by molar-refractivity contribution is -0.200. The van der Waals surface area contributed by atoms with Crippen molar-refractivity contribution in [2.45, 2.75) is 83.0 Å². The molecular weight excluding hydrogens is 481 g/mol. The van der Waals surface area contributed by atoms with Crippen molar-refractivity contribution in [3.8, 4) is 5.75 Å². The molecule has 0 aromatic carbocycles. The highest BCUT2D eigenvalue weighted by Crippen LogP contribution is 2.30. The minimum absolute atomic E-state index is 0.00414. The Hall–Kier alpha value is -1.55. The van der Waals surface area contributed by atoms with Gasteiger partial charge in [0, 0.05) is 13.1 Å². The van der Waals surface area contributed by atoms with Crippen LogP contribution in [0.3, 0.4) is 0 Å². The molecule has 1 amide bonds. The van der Waals surface area contributed by atoms with Crippen molar-refractivity contribution >= 4 is 22.0 Å². The van der Waals surface area contributed by atoms with Gasteiger partial charge in [-0.3, -0.25) is 0 Å². The van der Waals surface area contributed by atoms with Crippen molar-refractivity contribution in [3.05, 3.63) is 22.4 Å². The molecule has 3 rings (SSSR count). The van der Waals surface area contributed by atoms with Gasteiger partial charge in [-0.15, -0.1) is 0 Å². The number of piperidine rings is 1. The van der Waals surface area contributed by atoms with E-state index in [1.54, 1.807) is 0 Å². The molecule has 1 aliphatic heterocycles. The number of hydrogen-bond acceptors (Lipinski definition) is 5. The number of carbonyl (C=O) groups excluding carboxylic acids is 1. The van der Waals surface area contributed by atoms with Crippen LogP contribution in [0.4, 0.5) is 18.0 Å². The molecule has 0 radical (unpaired) electrons. The fourth-order valence-electron chi connectivity index (χ4n) is 3.85. The van der Waals surface area contributed by atoms with Crippen molar-refractivity contribution in [3.63, 3.8) is 0 Å². The second-order valence-electron chi connectivity index (χ2n) is 8.12. The van der Waals surface area contributed by atoms with Crippen molar-refractivity contribution in [1.82, 2.24) is 9.88 Å². The first kappa shape index (κ1) is 24.1. The fraction of sp³-hybridized carbons (Fsp3) is 0.714. The second kappa shape index (κ2) is 10.4. The van der Waals surface area contributed by atoms with Crippen LogP contribution in [-0.4, -0.2) is 59.7 Å². The molecule has 1 aromatic rings. The Balaban J connectivity index is 1.37. The van der Waals surface area contributed by atoms with Crippen molar-refractivity contribution in [2.24, 2.45) is 0 Å². The predicted molar refractivity (Wildman–Crippen MR) is 111 cm³/mol. The third-order valence-corrected chi connectivity index (χ3v) is 6.18. The van der Waals surface area contributed by atoms with Gasteiger partial charge in [-0.25, -0.2) is 9.78 Å². The SMILES string of the molecule is Cc1nc(Br)ccc1O[C@H]1CC[C@H](OC2CCN(C(=O)O[C@H](C)C(F)(F)F)CC2)CC1. The number of likely N-dealkylation sites (tertiary alicyclic amines) is 1. The first-order valence-electron chi connectivity index (χ1n) is 10.6. The van der Waals surface area contributed by atoms with Crippen LogP contribution in [-0.2, 0) is 9.47 Å². The monoisotopic (exact) mass is 508 g/mol. The highest BCUT2D eigenvalue weighted by Gasteiger charge is 2.40. The van der Waals surface area contributed by atoms with E-state index in [4.69, 9.17) is 9.47 Å². The van der Waals surface area contributed by atoms with E-state index >= 15 is 0 Å². The van der Waals surface area contributed by atoms with Gasteiger partial charge in [0.25, 0.3) is 0 Å². The van der Waals surface area contributed by atoms with Crippen LogP contribution >= 0.6 is 15.9 Å². The molecule has 0 spiro atoms. The highest BCUT2D eigenvalue weighted by atomic mass is 79.9. The van der Waals surface area contributed by atoms with Gasteiger partial charge < -0.3 is 19.1 Å². The summed E-state index contributed by atoms with van der Waals surface area (Å²) in [6, 6.07) is 3.78. The van der Waals surface area contributed by atoms with Gasteiger partial charge in [0.15, 0.2) is 6.10 Å². The molecule has 2 aliphatic rings. The van der Waals surface area contributed by atoms with E-state index < -0.39 is 18.4 Å². The van der Waals surface area contributed by atoms with E-state index in [9.17, 15) is 18.0 Å². The maximum absolute atomic E-state index is 12.6. The summed E-state index contributed by atoms with van der Waals surface area (Å²) in [5, 5.41) is 0. The number of aryl methyl sites for hydroxylation is 1. The fourth-order valence-corrected chi connectivity index (χ4v) is 4.25. The minimum Gasteiger partial charge on any atom is -0.489 e. The van der Waals surface area contributed by atoms with E-state index in [-0.39, 0.29) is 18.3 Å². The molecule has 1 aromatic heterocycles. The molecule has 1 saturated carbocycles. The number of ether oxygens (including phenoxy) is 3. The van der Waals surface area contributed by atoms with E-state index in [0.717, 1.165) is 48.7 Å². The molecule has 10 heteroatoms. The number of pyridine rings is 1. The van der Waals surface area contributed by atoms with Crippen molar-refractivity contribution in [2.75, 3.05) is 13.1 Å². The maximum Gasteiger partial charge on any atom is 0.425 e. The molecule has 1 saturated heterocycles. The zero-order valence-electron chi connectivity index (χ0n) is 17.7. The average Bonchev–Trinajstić information content (AvgIpc) is 2.71. The average molecular weight is 509 g/mol. The van der Waals surface area contributed by atoms with Crippen LogP contribution in [0.25, 0.3) is 0 Å². The first-order chi connectivity index (χ1) is 14.6. The number of carbonyl (C=O) groups is 1. The molecule has 2 heterocycles. The van der Waals surface area contributed by atoms with Gasteiger partial charge in [0.2, 0.25) is 0 Å². The topological polar surface area (TPSA) is 60.9 Å². The van der Waals surface area contributed by atoms with Crippen LogP contribution in [0.1, 0.15) is 51.1 Å². The predicted octanol–water partition coefficient (Wildman–Crippen LogP) is 5.41. The van der Waals surface area contributed by atoms with Crippen LogP contribution in [0.2, 0.25) is 0 Å². The Morgan fingerprint density at radius 3 is 2.26 bits per heavy atom. The molecule has 0 bridgehead atoms. The zero-order chi connectivity index (χ0) is 22.6. The molecule has 31 heavy (non-hydrogen) atoms. The Kier molecular flexibility index (Phi) is 8.07. The number of halogens is 4. The molecule has 174 valence electrons. The third kappa shape index (κ3) is 6.97. The van der Waals surface area contributed by atoms with Gasteiger partial charge in [0.1, 0.15) is 10.4 Å². The molecule has 1 aliphatic carbocycles. The largest absolute Gasteiger partial charge is 0.489 e. The summed E-state index contributed by atoms with van der Waals surface area (Å²) in [7, 11) is 0. The quantitative estimate of drug-likeness (QED) is 0.497. The highest BCUT2D eigenvalue weighted by molar-refractivity contribution is 9.10. The Bertz CT molecular complexity index is 749. The molecule has 6 nitrogen and oxygen atoms in total. The summed E-state index contributed by atoms with van der Waals surface area (Å²) < 4.78 is 55.3. The number of aromatic nitrogens is 1. The maximum atomic E-state index is 12.6. The number of nitrogens with zero attached hydrogens (tertiary/aromatic N) is 2. The van der Waals surface area contributed by atoms with E-state index in [1.165, 1.54) is 4.90 Å². The number of hydrogen-bond donors (Lipinski definition) is 0. The lowest BCUT2D eigenvalue weighted by Gasteiger charge is -2.36. The molecule has 1 atom stereocenters. The summed E-state index contributed by atoms with van der Waals surface area (Å²) in [6.07, 6.45) is -2.56. The summed E-state index contributed by atoms with van der Waals surface area (Å²) in [5.41, 5.74) is 0.850. The van der Waals surface area contributed by atoms with E-state index in [0.29, 0.717) is 25.9 Å². The van der Waals surface area contributed by atoms with Crippen LogP contribution in [0, 0.1) is 6.92 Å². The number of alkyl halides is 3. The van der Waals surface area contributed by atoms with Gasteiger partial charge in [0.05, 0.1) is 24.0 Å². The van der Waals surface area contributed by atoms with Gasteiger partial charge in [-0.05, 0) is 80.4 Å². The first-order valence-corrected chi connectivity index (χ1v) is 11.4. The van der Waals surface area contributed by atoms with Crippen LogP contribution < -0.4 is 4.74 Å². The Labute approximate surface area is 188 Å². The second-order valence-corrected chi connectivity index (χ2v) is 8.94. The lowest BCUT2D eigenvalue weighted by Crippen LogP contribution is -2.44. The summed E-state index contributed by atoms with van der Waals surface area (Å²) in [4.78, 5) is 17.6. The van der Waals surface area contributed by atoms with Gasteiger partial charge in [-0.1, -0.05) is 0 Å². The molecule has 2 fully saturated rings. The molecule has 0 N–H and O–H groups in total. The number of rotatable bonds is 5. The van der Waals surface area contributed by atoms with Gasteiger partial charge >= 0.3 is 12.3 Å².